The summed E-state index contributed by atoms with van der Waals surface area (Å²) in [6.45, 7) is 3.67. The van der Waals surface area contributed by atoms with Crippen molar-refractivity contribution in [2.24, 2.45) is 5.92 Å². The molecule has 0 radical (unpaired) electrons. The van der Waals surface area contributed by atoms with Gasteiger partial charge in [0, 0.05) is 0 Å². The molecule has 0 bridgehead atoms. The number of benzene rings is 1. The van der Waals surface area contributed by atoms with Crippen molar-refractivity contribution in [3.05, 3.63) is 35.4 Å². The van der Waals surface area contributed by atoms with Crippen LogP contribution >= 0.6 is 0 Å². The van der Waals surface area contributed by atoms with Gasteiger partial charge in [-0.3, -0.25) is 4.79 Å². The fraction of sp³-hybridized carbons (Fsp3) is 0.500. The monoisotopic (exact) mass is 272 g/mol. The molecule has 3 atom stereocenters. The average molecular weight is 272 g/mol. The Kier molecular flexibility index (Phi) is 5.42. The molecule has 0 aliphatic rings. The Morgan fingerprint density at radius 1 is 1.32 bits per heavy atom. The number of aliphatic carboxylic acids is 1. The standard InChI is InChI=1S/C14H18F2O3/c1-3-4-8(2)13(17)12(14(18)19)9-5-6-10(15)11(16)7-9/h5-8,12-13,17H,3-4H2,1-2H3,(H,18,19). The predicted octanol–water partition coefficient (Wildman–Crippen LogP) is 2.93. The Morgan fingerprint density at radius 3 is 2.42 bits per heavy atom. The molecule has 1 aromatic carbocycles. The van der Waals surface area contributed by atoms with Crippen LogP contribution in [0.25, 0.3) is 0 Å². The number of carboxylic acids is 1. The van der Waals surface area contributed by atoms with Crippen molar-refractivity contribution < 1.29 is 23.8 Å². The second-order valence-corrected chi connectivity index (χ2v) is 4.75. The van der Waals surface area contributed by atoms with Crippen LogP contribution in [-0.4, -0.2) is 22.3 Å². The van der Waals surface area contributed by atoms with E-state index in [2.05, 4.69) is 0 Å². The van der Waals surface area contributed by atoms with Crippen LogP contribution in [0.5, 0.6) is 0 Å². The molecule has 1 aromatic rings. The lowest BCUT2D eigenvalue weighted by Gasteiger charge is -2.25. The van der Waals surface area contributed by atoms with Crippen molar-refractivity contribution in [2.45, 2.75) is 38.7 Å². The highest BCUT2D eigenvalue weighted by Gasteiger charge is 2.32. The zero-order valence-corrected chi connectivity index (χ0v) is 10.9. The molecule has 0 saturated heterocycles. The van der Waals surface area contributed by atoms with E-state index in [9.17, 15) is 23.8 Å². The number of halogens is 2. The number of hydrogen-bond donors (Lipinski definition) is 2. The second kappa shape index (κ2) is 6.61. The molecule has 106 valence electrons. The Morgan fingerprint density at radius 2 is 1.95 bits per heavy atom. The first-order valence-electron chi connectivity index (χ1n) is 6.24. The van der Waals surface area contributed by atoms with E-state index in [1.54, 1.807) is 6.92 Å². The number of hydrogen-bond acceptors (Lipinski definition) is 2. The smallest absolute Gasteiger partial charge is 0.313 e. The Balaban J connectivity index is 3.06. The van der Waals surface area contributed by atoms with Crippen molar-refractivity contribution >= 4 is 5.97 Å². The van der Waals surface area contributed by atoms with Gasteiger partial charge in [0.05, 0.1) is 6.10 Å². The molecular weight excluding hydrogens is 254 g/mol. The van der Waals surface area contributed by atoms with Crippen LogP contribution in [0.15, 0.2) is 18.2 Å². The summed E-state index contributed by atoms with van der Waals surface area (Å²) >= 11 is 0. The summed E-state index contributed by atoms with van der Waals surface area (Å²) in [5, 5.41) is 19.3. The average Bonchev–Trinajstić information content (AvgIpc) is 2.33. The van der Waals surface area contributed by atoms with Crippen LogP contribution in [0, 0.1) is 17.6 Å². The Hall–Kier alpha value is -1.49. The molecule has 19 heavy (non-hydrogen) atoms. The summed E-state index contributed by atoms with van der Waals surface area (Å²) in [6.07, 6.45) is 0.332. The number of carboxylic acid groups (broad SMARTS) is 1. The zero-order chi connectivity index (χ0) is 14.6. The molecule has 5 heteroatoms. The molecule has 0 heterocycles. The zero-order valence-electron chi connectivity index (χ0n) is 10.9. The van der Waals surface area contributed by atoms with Crippen LogP contribution < -0.4 is 0 Å². The van der Waals surface area contributed by atoms with Gasteiger partial charge in [-0.2, -0.15) is 0 Å². The first kappa shape index (κ1) is 15.6. The highest BCUT2D eigenvalue weighted by atomic mass is 19.2. The van der Waals surface area contributed by atoms with E-state index in [1.165, 1.54) is 6.07 Å². The normalized spacial score (nSPS) is 15.8. The number of rotatable bonds is 6. The van der Waals surface area contributed by atoms with E-state index >= 15 is 0 Å². The summed E-state index contributed by atoms with van der Waals surface area (Å²) in [5.74, 6) is -4.89. The van der Waals surface area contributed by atoms with Crippen LogP contribution in [0.3, 0.4) is 0 Å². The molecule has 0 aliphatic carbocycles. The van der Waals surface area contributed by atoms with Gasteiger partial charge in [0.2, 0.25) is 0 Å². The summed E-state index contributed by atoms with van der Waals surface area (Å²) in [7, 11) is 0. The summed E-state index contributed by atoms with van der Waals surface area (Å²) in [5.41, 5.74) is 0.0712. The highest BCUT2D eigenvalue weighted by Crippen LogP contribution is 2.28. The van der Waals surface area contributed by atoms with Gasteiger partial charge in [0.15, 0.2) is 11.6 Å². The third-order valence-electron chi connectivity index (χ3n) is 3.24. The van der Waals surface area contributed by atoms with Crippen molar-refractivity contribution in [2.75, 3.05) is 0 Å². The molecule has 0 saturated carbocycles. The Bertz CT molecular complexity index is 448. The fourth-order valence-electron chi connectivity index (χ4n) is 2.15. The number of carbonyl (C=O) groups is 1. The minimum atomic E-state index is -1.25. The van der Waals surface area contributed by atoms with Crippen molar-refractivity contribution in [1.29, 1.82) is 0 Å². The highest BCUT2D eigenvalue weighted by molar-refractivity contribution is 5.77. The fourth-order valence-corrected chi connectivity index (χ4v) is 2.15. The third-order valence-corrected chi connectivity index (χ3v) is 3.24. The van der Waals surface area contributed by atoms with Crippen molar-refractivity contribution in [3.63, 3.8) is 0 Å². The maximum atomic E-state index is 13.2. The topological polar surface area (TPSA) is 57.5 Å². The maximum Gasteiger partial charge on any atom is 0.313 e. The predicted molar refractivity (Wildman–Crippen MR) is 66.8 cm³/mol. The van der Waals surface area contributed by atoms with Gasteiger partial charge in [-0.15, -0.1) is 0 Å². The summed E-state index contributed by atoms with van der Waals surface area (Å²) in [6, 6.07) is 2.90. The van der Waals surface area contributed by atoms with Crippen molar-refractivity contribution in [1.82, 2.24) is 0 Å². The van der Waals surface area contributed by atoms with E-state index in [4.69, 9.17) is 0 Å². The van der Waals surface area contributed by atoms with Crippen molar-refractivity contribution in [3.8, 4) is 0 Å². The molecule has 3 unspecified atom stereocenters. The number of aliphatic hydroxyl groups is 1. The molecular formula is C14H18F2O3. The maximum absolute atomic E-state index is 13.2. The molecule has 0 spiro atoms. The van der Waals surface area contributed by atoms with E-state index in [0.717, 1.165) is 18.6 Å². The quantitative estimate of drug-likeness (QED) is 0.837. The molecule has 0 amide bonds. The third kappa shape index (κ3) is 3.73. The van der Waals surface area contributed by atoms with E-state index in [-0.39, 0.29) is 11.5 Å². The molecule has 3 nitrogen and oxygen atoms in total. The lowest BCUT2D eigenvalue weighted by molar-refractivity contribution is -0.142. The van der Waals surface area contributed by atoms with Gasteiger partial charge in [-0.1, -0.05) is 26.3 Å². The molecule has 0 aromatic heterocycles. The van der Waals surface area contributed by atoms with Crippen LogP contribution in [0.2, 0.25) is 0 Å². The molecule has 1 rings (SSSR count). The summed E-state index contributed by atoms with van der Waals surface area (Å²) in [4.78, 5) is 11.3. The first-order chi connectivity index (χ1) is 8.88. The van der Waals surface area contributed by atoms with E-state index in [1.807, 2.05) is 6.92 Å². The lowest BCUT2D eigenvalue weighted by atomic mass is 9.84. The molecule has 0 fully saturated rings. The molecule has 2 N–H and O–H groups in total. The summed E-state index contributed by atoms with van der Waals surface area (Å²) < 4.78 is 26.0. The molecule has 0 aliphatic heterocycles. The van der Waals surface area contributed by atoms with Gasteiger partial charge < -0.3 is 10.2 Å². The SMILES string of the molecule is CCCC(C)C(O)C(C(=O)O)c1ccc(F)c(F)c1. The largest absolute Gasteiger partial charge is 0.481 e. The van der Waals surface area contributed by atoms with Crippen LogP contribution in [-0.2, 0) is 4.79 Å². The van der Waals surface area contributed by atoms with Gasteiger partial charge in [0.1, 0.15) is 5.92 Å². The minimum absolute atomic E-state index is 0.0712. The Labute approximate surface area is 110 Å². The van der Waals surface area contributed by atoms with Crippen LogP contribution in [0.1, 0.15) is 38.2 Å². The van der Waals surface area contributed by atoms with Gasteiger partial charge in [-0.25, -0.2) is 8.78 Å². The second-order valence-electron chi connectivity index (χ2n) is 4.75. The number of aliphatic hydroxyl groups excluding tert-OH is 1. The van der Waals surface area contributed by atoms with E-state index < -0.39 is 29.6 Å². The van der Waals surface area contributed by atoms with Crippen LogP contribution in [0.4, 0.5) is 8.78 Å². The van der Waals surface area contributed by atoms with E-state index in [0.29, 0.717) is 6.42 Å². The lowest BCUT2D eigenvalue weighted by Crippen LogP contribution is -2.31. The first-order valence-corrected chi connectivity index (χ1v) is 6.24. The minimum Gasteiger partial charge on any atom is -0.481 e. The van der Waals surface area contributed by atoms with Gasteiger partial charge >= 0.3 is 5.97 Å². The van der Waals surface area contributed by atoms with Gasteiger partial charge in [0.25, 0.3) is 0 Å². The van der Waals surface area contributed by atoms with Gasteiger partial charge in [-0.05, 0) is 30.0 Å².